The lowest BCUT2D eigenvalue weighted by molar-refractivity contribution is 0.0697. The van der Waals surface area contributed by atoms with E-state index in [9.17, 15) is 9.90 Å². The number of thioether (sulfide) groups is 1. The summed E-state index contributed by atoms with van der Waals surface area (Å²) in [7, 11) is 0. The molecule has 1 atom stereocenters. The number of carboxylic acids is 1. The van der Waals surface area contributed by atoms with Crippen LogP contribution in [0.2, 0.25) is 0 Å². The molecule has 1 unspecified atom stereocenters. The van der Waals surface area contributed by atoms with Crippen LogP contribution in [0.5, 0.6) is 0 Å². The zero-order chi connectivity index (χ0) is 13.1. The minimum atomic E-state index is -0.917. The average molecular weight is 264 g/mol. The molecule has 0 aliphatic carbocycles. The molecule has 1 aromatic carbocycles. The molecular weight excluding hydrogens is 248 g/mol. The first-order valence-electron chi connectivity index (χ1n) is 5.98. The zero-order valence-electron chi connectivity index (χ0n) is 10.5. The number of rotatable bonds is 5. The summed E-state index contributed by atoms with van der Waals surface area (Å²) in [6.07, 6.45) is 1.06. The maximum absolute atomic E-state index is 11.3. The quantitative estimate of drug-likeness (QED) is 0.880. The molecule has 1 heterocycles. The SMILES string of the molecule is CCC(C)SCc1oc2ccccc2c1C(=O)O. The Morgan fingerprint density at radius 2 is 2.17 bits per heavy atom. The maximum Gasteiger partial charge on any atom is 0.339 e. The summed E-state index contributed by atoms with van der Waals surface area (Å²) in [6, 6.07) is 7.28. The topological polar surface area (TPSA) is 50.4 Å². The van der Waals surface area contributed by atoms with E-state index in [1.807, 2.05) is 12.1 Å². The number of carbonyl (C=O) groups is 1. The second kappa shape index (κ2) is 5.48. The largest absolute Gasteiger partial charge is 0.478 e. The number of aromatic carboxylic acids is 1. The molecule has 0 bridgehead atoms. The molecule has 0 saturated carbocycles. The van der Waals surface area contributed by atoms with Crippen molar-refractivity contribution in [2.45, 2.75) is 31.3 Å². The van der Waals surface area contributed by atoms with E-state index >= 15 is 0 Å². The second-order valence-corrected chi connectivity index (χ2v) is 5.66. The number of para-hydroxylation sites is 1. The third kappa shape index (κ3) is 2.53. The van der Waals surface area contributed by atoms with Gasteiger partial charge in [-0.15, -0.1) is 0 Å². The van der Waals surface area contributed by atoms with Crippen LogP contribution in [0.1, 0.15) is 36.4 Å². The Morgan fingerprint density at radius 1 is 1.44 bits per heavy atom. The van der Waals surface area contributed by atoms with Crippen molar-refractivity contribution in [1.82, 2.24) is 0 Å². The summed E-state index contributed by atoms with van der Waals surface area (Å²) in [6.45, 7) is 4.25. The van der Waals surface area contributed by atoms with Crippen LogP contribution in [0.15, 0.2) is 28.7 Å². The molecule has 0 spiro atoms. The molecule has 18 heavy (non-hydrogen) atoms. The molecule has 0 aliphatic rings. The highest BCUT2D eigenvalue weighted by atomic mass is 32.2. The van der Waals surface area contributed by atoms with Crippen molar-refractivity contribution in [2.24, 2.45) is 0 Å². The molecule has 0 saturated heterocycles. The van der Waals surface area contributed by atoms with Crippen LogP contribution in [0, 0.1) is 0 Å². The minimum Gasteiger partial charge on any atom is -0.478 e. The molecule has 0 aliphatic heterocycles. The van der Waals surface area contributed by atoms with Crippen molar-refractivity contribution in [1.29, 1.82) is 0 Å². The summed E-state index contributed by atoms with van der Waals surface area (Å²) >= 11 is 1.72. The number of benzene rings is 1. The van der Waals surface area contributed by atoms with Crippen molar-refractivity contribution >= 4 is 28.7 Å². The normalized spacial score (nSPS) is 12.8. The van der Waals surface area contributed by atoms with Gasteiger partial charge in [-0.2, -0.15) is 11.8 Å². The smallest absolute Gasteiger partial charge is 0.339 e. The van der Waals surface area contributed by atoms with Crippen molar-refractivity contribution in [2.75, 3.05) is 0 Å². The van der Waals surface area contributed by atoms with E-state index < -0.39 is 5.97 Å². The van der Waals surface area contributed by atoms with Crippen molar-refractivity contribution in [3.63, 3.8) is 0 Å². The molecule has 1 aromatic heterocycles. The summed E-state index contributed by atoms with van der Waals surface area (Å²) in [5.41, 5.74) is 0.955. The standard InChI is InChI=1S/C14H16O3S/c1-3-9(2)18-8-12-13(14(15)16)10-6-4-5-7-11(10)17-12/h4-7,9H,3,8H2,1-2H3,(H,15,16). The lowest BCUT2D eigenvalue weighted by Gasteiger charge is -2.06. The molecule has 2 aromatic rings. The Balaban J connectivity index is 2.37. The van der Waals surface area contributed by atoms with Crippen molar-refractivity contribution in [3.8, 4) is 0 Å². The third-order valence-corrected chi connectivity index (χ3v) is 4.29. The van der Waals surface area contributed by atoms with Crippen LogP contribution < -0.4 is 0 Å². The van der Waals surface area contributed by atoms with Crippen LogP contribution in [0.4, 0.5) is 0 Å². The first-order valence-corrected chi connectivity index (χ1v) is 7.03. The van der Waals surface area contributed by atoms with Gasteiger partial charge >= 0.3 is 5.97 Å². The number of carboxylic acid groups (broad SMARTS) is 1. The summed E-state index contributed by atoms with van der Waals surface area (Å²) in [5, 5.41) is 10.5. The molecule has 96 valence electrons. The lowest BCUT2D eigenvalue weighted by Crippen LogP contribution is -2.00. The lowest BCUT2D eigenvalue weighted by atomic mass is 10.1. The van der Waals surface area contributed by atoms with Crippen LogP contribution in [0.3, 0.4) is 0 Å². The minimum absolute atomic E-state index is 0.307. The van der Waals surface area contributed by atoms with Gasteiger partial charge in [0, 0.05) is 10.6 Å². The van der Waals surface area contributed by atoms with E-state index in [0.29, 0.717) is 33.3 Å². The monoisotopic (exact) mass is 264 g/mol. The van der Waals surface area contributed by atoms with Gasteiger partial charge in [0.05, 0.1) is 5.75 Å². The van der Waals surface area contributed by atoms with Gasteiger partial charge in [0.25, 0.3) is 0 Å². The number of hydrogen-bond donors (Lipinski definition) is 1. The number of hydrogen-bond acceptors (Lipinski definition) is 3. The Bertz CT molecular complexity index is 559. The van der Waals surface area contributed by atoms with E-state index in [1.54, 1.807) is 23.9 Å². The summed E-state index contributed by atoms with van der Waals surface area (Å²) in [4.78, 5) is 11.3. The molecule has 3 nitrogen and oxygen atoms in total. The van der Waals surface area contributed by atoms with Gasteiger partial charge in [-0.1, -0.05) is 32.0 Å². The Labute approximate surface area is 110 Å². The van der Waals surface area contributed by atoms with E-state index in [2.05, 4.69) is 13.8 Å². The second-order valence-electron chi connectivity index (χ2n) is 4.23. The van der Waals surface area contributed by atoms with Gasteiger partial charge in [0.2, 0.25) is 0 Å². The van der Waals surface area contributed by atoms with Crippen molar-refractivity contribution < 1.29 is 14.3 Å². The van der Waals surface area contributed by atoms with Gasteiger partial charge in [-0.25, -0.2) is 4.79 Å². The first kappa shape index (κ1) is 13.0. The molecule has 0 radical (unpaired) electrons. The van der Waals surface area contributed by atoms with Crippen molar-refractivity contribution in [3.05, 3.63) is 35.6 Å². The summed E-state index contributed by atoms with van der Waals surface area (Å²) in [5.74, 6) is 0.249. The highest BCUT2D eigenvalue weighted by Gasteiger charge is 2.20. The molecular formula is C14H16O3S. The third-order valence-electron chi connectivity index (χ3n) is 2.96. The van der Waals surface area contributed by atoms with Gasteiger partial charge < -0.3 is 9.52 Å². The average Bonchev–Trinajstić information content (AvgIpc) is 2.74. The fraction of sp³-hybridized carbons (Fsp3) is 0.357. The first-order chi connectivity index (χ1) is 8.63. The fourth-order valence-electron chi connectivity index (χ4n) is 1.77. The van der Waals surface area contributed by atoms with E-state index in [1.165, 1.54) is 0 Å². The maximum atomic E-state index is 11.3. The Kier molecular flexibility index (Phi) is 3.97. The Hall–Kier alpha value is -1.42. The van der Waals surface area contributed by atoms with E-state index in [0.717, 1.165) is 6.42 Å². The molecule has 2 rings (SSSR count). The van der Waals surface area contributed by atoms with Gasteiger partial charge in [0.1, 0.15) is 16.9 Å². The van der Waals surface area contributed by atoms with Crippen LogP contribution in [0.25, 0.3) is 11.0 Å². The van der Waals surface area contributed by atoms with Gasteiger partial charge in [-0.05, 0) is 12.5 Å². The van der Waals surface area contributed by atoms with E-state index in [4.69, 9.17) is 4.42 Å². The predicted molar refractivity (Wildman–Crippen MR) is 74.2 cm³/mol. The predicted octanol–water partition coefficient (Wildman–Crippen LogP) is 4.16. The Morgan fingerprint density at radius 3 is 2.83 bits per heavy atom. The molecule has 0 amide bonds. The molecule has 1 N–H and O–H groups in total. The zero-order valence-corrected chi connectivity index (χ0v) is 11.3. The number of fused-ring (bicyclic) bond motifs is 1. The highest BCUT2D eigenvalue weighted by molar-refractivity contribution is 7.99. The molecule has 0 fully saturated rings. The van der Waals surface area contributed by atoms with E-state index in [-0.39, 0.29) is 0 Å². The molecule has 4 heteroatoms. The van der Waals surface area contributed by atoms with Gasteiger partial charge in [-0.3, -0.25) is 0 Å². The van der Waals surface area contributed by atoms with Crippen LogP contribution in [-0.4, -0.2) is 16.3 Å². The fourth-order valence-corrected chi connectivity index (χ4v) is 2.64. The summed E-state index contributed by atoms with van der Waals surface area (Å²) < 4.78 is 5.65. The number of furan rings is 1. The van der Waals surface area contributed by atoms with Crippen LogP contribution in [-0.2, 0) is 5.75 Å². The highest BCUT2D eigenvalue weighted by Crippen LogP contribution is 2.30. The van der Waals surface area contributed by atoms with Crippen LogP contribution >= 0.6 is 11.8 Å². The van der Waals surface area contributed by atoms with Gasteiger partial charge in [0.15, 0.2) is 0 Å².